The number of nitrogens with one attached hydrogen (secondary N) is 1. The first kappa shape index (κ1) is 27.6. The fourth-order valence-electron chi connectivity index (χ4n) is 3.60. The number of ether oxygens (including phenoxy) is 2. The van der Waals surface area contributed by atoms with Gasteiger partial charge in [-0.25, -0.2) is 0 Å². The standard InChI is InChI=1S/C16H22N2O2.C8H7F3O.C2H6/c1-11-8-14(13-2-3-13)15(10-17-11)16(19)18-9-12-4-6-20-7-5-12;1-6-3-2-4-7(5-6)12-8(9,10)11;1-2/h8,10,12-13H,2-7,9H2,1H3,(H,18,19);2-5H,1H3;1-2H3. The largest absolute Gasteiger partial charge is 0.573 e. The lowest BCUT2D eigenvalue weighted by Gasteiger charge is -2.22. The Balaban J connectivity index is 0.000000251. The van der Waals surface area contributed by atoms with Gasteiger partial charge in [-0.2, -0.15) is 0 Å². The molecule has 0 spiro atoms. The highest BCUT2D eigenvalue weighted by Gasteiger charge is 2.31. The molecule has 5 nitrogen and oxygen atoms in total. The Morgan fingerprint density at radius 3 is 2.38 bits per heavy atom. The van der Waals surface area contributed by atoms with Crippen molar-refractivity contribution in [1.29, 1.82) is 0 Å². The van der Waals surface area contributed by atoms with Crippen LogP contribution in [0.15, 0.2) is 36.5 Å². The Hall–Kier alpha value is -2.61. The van der Waals surface area contributed by atoms with E-state index in [0.717, 1.165) is 49.4 Å². The number of hydrogen-bond donors (Lipinski definition) is 1. The molecular weight excluding hydrogens is 445 g/mol. The van der Waals surface area contributed by atoms with E-state index < -0.39 is 6.36 Å². The van der Waals surface area contributed by atoms with E-state index in [-0.39, 0.29) is 11.7 Å². The average molecular weight is 481 g/mol. The predicted octanol–water partition coefficient (Wildman–Crippen LogP) is 6.34. The molecule has 0 radical (unpaired) electrons. The molecule has 4 rings (SSSR count). The molecular formula is C26H35F3N2O3. The van der Waals surface area contributed by atoms with Crippen LogP contribution in [-0.4, -0.2) is 37.0 Å². The van der Waals surface area contributed by atoms with Crippen LogP contribution in [0.4, 0.5) is 13.2 Å². The highest BCUT2D eigenvalue weighted by Crippen LogP contribution is 2.41. The highest BCUT2D eigenvalue weighted by molar-refractivity contribution is 5.95. The Morgan fingerprint density at radius 2 is 1.79 bits per heavy atom. The molecule has 1 aromatic heterocycles. The van der Waals surface area contributed by atoms with Gasteiger partial charge < -0.3 is 14.8 Å². The third-order valence-corrected chi connectivity index (χ3v) is 5.45. The maximum atomic E-state index is 12.4. The Labute approximate surface area is 200 Å². The molecule has 0 atom stereocenters. The quantitative estimate of drug-likeness (QED) is 0.542. The minimum absolute atomic E-state index is 0.0332. The number of benzene rings is 1. The fourth-order valence-corrected chi connectivity index (χ4v) is 3.60. The number of hydrogen-bond acceptors (Lipinski definition) is 4. The van der Waals surface area contributed by atoms with Crippen molar-refractivity contribution in [2.75, 3.05) is 19.8 Å². The van der Waals surface area contributed by atoms with Crippen LogP contribution in [0.25, 0.3) is 0 Å². The summed E-state index contributed by atoms with van der Waals surface area (Å²) in [7, 11) is 0. The first-order valence-corrected chi connectivity index (χ1v) is 11.9. The van der Waals surface area contributed by atoms with Crippen LogP contribution >= 0.6 is 0 Å². The number of alkyl halides is 3. The lowest BCUT2D eigenvalue weighted by atomic mass is 9.99. The van der Waals surface area contributed by atoms with Crippen molar-refractivity contribution in [3.05, 3.63) is 58.9 Å². The molecule has 1 aromatic carbocycles. The molecule has 2 aromatic rings. The lowest BCUT2D eigenvalue weighted by molar-refractivity contribution is -0.274. The summed E-state index contributed by atoms with van der Waals surface area (Å²) in [6.45, 7) is 10.1. The molecule has 1 amide bonds. The van der Waals surface area contributed by atoms with Gasteiger partial charge in [-0.3, -0.25) is 9.78 Å². The smallest absolute Gasteiger partial charge is 0.406 e. The molecule has 1 aliphatic heterocycles. The number of carbonyl (C=O) groups is 1. The van der Waals surface area contributed by atoms with Crippen LogP contribution in [0.2, 0.25) is 0 Å². The number of rotatable bonds is 5. The van der Waals surface area contributed by atoms with Gasteiger partial charge in [0.05, 0.1) is 5.56 Å². The predicted molar refractivity (Wildman–Crippen MR) is 126 cm³/mol. The maximum Gasteiger partial charge on any atom is 0.573 e. The molecule has 2 heterocycles. The molecule has 0 unspecified atom stereocenters. The third-order valence-electron chi connectivity index (χ3n) is 5.45. The lowest BCUT2D eigenvalue weighted by Crippen LogP contribution is -2.32. The highest BCUT2D eigenvalue weighted by atomic mass is 19.4. The van der Waals surface area contributed by atoms with E-state index in [1.165, 1.54) is 36.6 Å². The normalized spacial score (nSPS) is 15.9. The summed E-state index contributed by atoms with van der Waals surface area (Å²) in [5.41, 5.74) is 3.68. The van der Waals surface area contributed by atoms with Gasteiger partial charge in [-0.15, -0.1) is 13.2 Å². The van der Waals surface area contributed by atoms with E-state index in [4.69, 9.17) is 4.74 Å². The van der Waals surface area contributed by atoms with Crippen LogP contribution in [0, 0.1) is 19.8 Å². The summed E-state index contributed by atoms with van der Waals surface area (Å²) in [6, 6.07) is 7.87. The van der Waals surface area contributed by atoms with Crippen LogP contribution < -0.4 is 10.1 Å². The number of amides is 1. The zero-order valence-electron chi connectivity index (χ0n) is 20.4. The molecule has 34 heavy (non-hydrogen) atoms. The zero-order valence-corrected chi connectivity index (χ0v) is 20.4. The van der Waals surface area contributed by atoms with Crippen LogP contribution in [0.3, 0.4) is 0 Å². The van der Waals surface area contributed by atoms with Gasteiger partial charge in [0.15, 0.2) is 0 Å². The van der Waals surface area contributed by atoms with E-state index >= 15 is 0 Å². The van der Waals surface area contributed by atoms with Crippen LogP contribution in [0.1, 0.15) is 72.6 Å². The van der Waals surface area contributed by atoms with E-state index in [1.807, 2.05) is 20.8 Å². The maximum absolute atomic E-state index is 12.4. The summed E-state index contributed by atoms with van der Waals surface area (Å²) in [6.07, 6.45) is 1.62. The number of aryl methyl sites for hydroxylation is 2. The average Bonchev–Trinajstić information content (AvgIpc) is 3.64. The van der Waals surface area contributed by atoms with E-state index in [1.54, 1.807) is 19.2 Å². The SMILES string of the molecule is CC.Cc1cc(C2CC2)c(C(=O)NCC2CCOCC2)cn1.Cc1cccc(OC(F)(F)F)c1. The molecule has 2 fully saturated rings. The summed E-state index contributed by atoms with van der Waals surface area (Å²) in [5.74, 6) is 0.976. The second-order valence-electron chi connectivity index (χ2n) is 8.32. The molecule has 0 bridgehead atoms. The number of halogens is 3. The number of pyridine rings is 1. The van der Waals surface area contributed by atoms with Crippen LogP contribution in [-0.2, 0) is 4.74 Å². The Bertz CT molecular complexity index is 908. The fraction of sp³-hybridized carbons (Fsp3) is 0.538. The Kier molecular flexibility index (Phi) is 10.8. The van der Waals surface area contributed by atoms with Crippen molar-refractivity contribution in [1.82, 2.24) is 10.3 Å². The topological polar surface area (TPSA) is 60.5 Å². The molecule has 2 aliphatic rings. The van der Waals surface area contributed by atoms with Crippen molar-refractivity contribution in [3.63, 3.8) is 0 Å². The number of aromatic nitrogens is 1. The third kappa shape index (κ3) is 9.71. The van der Waals surface area contributed by atoms with Gasteiger partial charge in [0, 0.05) is 31.6 Å². The van der Waals surface area contributed by atoms with Gasteiger partial charge in [-0.05, 0) is 80.7 Å². The minimum Gasteiger partial charge on any atom is -0.406 e. The molecule has 188 valence electrons. The minimum atomic E-state index is -4.60. The van der Waals surface area contributed by atoms with Crippen LogP contribution in [0.5, 0.6) is 5.75 Å². The number of nitrogens with zero attached hydrogens (tertiary/aromatic N) is 1. The Morgan fingerprint density at radius 1 is 1.12 bits per heavy atom. The van der Waals surface area contributed by atoms with Gasteiger partial charge in [0.1, 0.15) is 5.75 Å². The summed E-state index contributed by atoms with van der Waals surface area (Å²) < 4.78 is 44.0. The van der Waals surface area contributed by atoms with Crippen molar-refractivity contribution in [3.8, 4) is 5.75 Å². The van der Waals surface area contributed by atoms with E-state index in [9.17, 15) is 18.0 Å². The number of carbonyl (C=O) groups excluding carboxylic acids is 1. The van der Waals surface area contributed by atoms with Crippen molar-refractivity contribution >= 4 is 5.91 Å². The summed E-state index contributed by atoms with van der Waals surface area (Å²) in [5, 5.41) is 3.08. The van der Waals surface area contributed by atoms with E-state index in [2.05, 4.69) is 21.1 Å². The first-order chi connectivity index (χ1) is 16.2. The summed E-state index contributed by atoms with van der Waals surface area (Å²) in [4.78, 5) is 16.7. The molecule has 1 saturated carbocycles. The molecule has 1 N–H and O–H groups in total. The first-order valence-electron chi connectivity index (χ1n) is 11.9. The monoisotopic (exact) mass is 480 g/mol. The van der Waals surface area contributed by atoms with E-state index in [0.29, 0.717) is 11.8 Å². The van der Waals surface area contributed by atoms with Gasteiger partial charge in [-0.1, -0.05) is 26.0 Å². The second-order valence-corrected chi connectivity index (χ2v) is 8.32. The molecule has 1 saturated heterocycles. The van der Waals surface area contributed by atoms with Crippen molar-refractivity contribution in [2.45, 2.75) is 65.7 Å². The molecule has 8 heteroatoms. The summed E-state index contributed by atoms with van der Waals surface area (Å²) >= 11 is 0. The second kappa shape index (κ2) is 13.3. The zero-order chi connectivity index (χ0) is 25.1. The van der Waals surface area contributed by atoms with Gasteiger partial charge >= 0.3 is 6.36 Å². The molecule has 1 aliphatic carbocycles. The van der Waals surface area contributed by atoms with Gasteiger partial charge in [0.2, 0.25) is 0 Å². The van der Waals surface area contributed by atoms with Crippen molar-refractivity contribution < 1.29 is 27.4 Å². The van der Waals surface area contributed by atoms with Gasteiger partial charge in [0.25, 0.3) is 5.91 Å². The van der Waals surface area contributed by atoms with Crippen molar-refractivity contribution in [2.24, 2.45) is 5.92 Å².